The van der Waals surface area contributed by atoms with Gasteiger partial charge in [-0.3, -0.25) is 9.59 Å². The number of aliphatic hydroxyl groups is 5. The van der Waals surface area contributed by atoms with Gasteiger partial charge in [-0.1, -0.05) is 100 Å². The molecule has 0 aromatic carbocycles. The Bertz CT molecular complexity index is 1200. The lowest BCUT2D eigenvalue weighted by molar-refractivity contribution is -0.336. The number of carbonyl (C=O) groups excluding carboxylic acids is 2. The van der Waals surface area contributed by atoms with E-state index in [2.05, 4.69) is 54.9 Å². The fraction of sp³-hybridized carbons (Fsp3) is 0.778. The minimum Gasteiger partial charge on any atom is -0.395 e. The molecule has 56 heavy (non-hydrogen) atoms. The highest BCUT2D eigenvalue weighted by Gasteiger charge is 2.49. The van der Waals surface area contributed by atoms with Crippen molar-refractivity contribution in [2.75, 3.05) is 26.3 Å². The first kappa shape index (κ1) is 48.0. The molecule has 10 atom stereocenters. The molecule has 1 saturated heterocycles. The first-order valence-electron chi connectivity index (χ1n) is 22.0. The number of rotatable bonds is 26. The second kappa shape index (κ2) is 28.1. The Morgan fingerprint density at radius 1 is 0.750 bits per heavy atom. The quantitative estimate of drug-likeness (QED) is 0.0308. The number of allylic oxidation sites excluding steroid dienone is 4. The molecule has 0 radical (unpaired) electrons. The molecule has 1 heterocycles. The molecule has 4 fully saturated rings. The van der Waals surface area contributed by atoms with Crippen molar-refractivity contribution in [2.24, 2.45) is 29.6 Å². The van der Waals surface area contributed by atoms with Gasteiger partial charge in [-0.2, -0.15) is 0 Å². The Morgan fingerprint density at radius 3 is 1.95 bits per heavy atom. The molecule has 0 aromatic heterocycles. The van der Waals surface area contributed by atoms with Crippen LogP contribution in [0.3, 0.4) is 0 Å². The molecule has 4 aliphatic rings. The predicted molar refractivity (Wildman–Crippen MR) is 220 cm³/mol. The molecule has 1 aliphatic heterocycles. The van der Waals surface area contributed by atoms with Crippen LogP contribution in [0.1, 0.15) is 136 Å². The van der Waals surface area contributed by atoms with Crippen LogP contribution in [0.4, 0.5) is 0 Å². The lowest BCUT2D eigenvalue weighted by Gasteiger charge is -2.27. The average molecular weight is 789 g/mol. The SMILES string of the molecule is CCCCC[C@H](O)/C=C/[C@@H]1[C@@H](C/C=C\CCCC(=O)NCCO)[C@@H]2C[C@H]1OO2.CCCCC[C@H](O)/C=C/[C@@H]1[C@H]2C/C(=C\CCCC(=O)NCCO)C[C@H]2C[C@H]1O. The summed E-state index contributed by atoms with van der Waals surface area (Å²) in [5.74, 6) is 1.83. The molecule has 11 heteroatoms. The van der Waals surface area contributed by atoms with E-state index in [-0.39, 0.29) is 61.3 Å². The highest BCUT2D eigenvalue weighted by molar-refractivity contribution is 5.76. The zero-order chi connectivity index (χ0) is 40.5. The maximum Gasteiger partial charge on any atom is 0.220 e. The van der Waals surface area contributed by atoms with Gasteiger partial charge in [-0.05, 0) is 76.0 Å². The van der Waals surface area contributed by atoms with Crippen LogP contribution < -0.4 is 10.6 Å². The van der Waals surface area contributed by atoms with Crippen molar-refractivity contribution in [2.45, 2.75) is 166 Å². The van der Waals surface area contributed by atoms with Crippen LogP contribution in [0.5, 0.6) is 0 Å². The summed E-state index contributed by atoms with van der Waals surface area (Å²) in [6, 6.07) is 0. The lowest BCUT2D eigenvalue weighted by Crippen LogP contribution is -2.28. The Morgan fingerprint density at radius 2 is 1.34 bits per heavy atom. The summed E-state index contributed by atoms with van der Waals surface area (Å²) in [5.41, 5.74) is 1.46. The van der Waals surface area contributed by atoms with E-state index in [1.807, 2.05) is 12.2 Å². The highest BCUT2D eigenvalue weighted by atomic mass is 17.2. The van der Waals surface area contributed by atoms with Crippen LogP contribution in [0.25, 0.3) is 0 Å². The van der Waals surface area contributed by atoms with Crippen molar-refractivity contribution in [1.29, 1.82) is 0 Å². The second-order valence-corrected chi connectivity index (χ2v) is 16.4. The van der Waals surface area contributed by atoms with Gasteiger partial charge in [0.15, 0.2) is 0 Å². The van der Waals surface area contributed by atoms with Gasteiger partial charge in [-0.25, -0.2) is 9.78 Å². The van der Waals surface area contributed by atoms with Gasteiger partial charge >= 0.3 is 0 Å². The van der Waals surface area contributed by atoms with E-state index in [0.717, 1.165) is 109 Å². The van der Waals surface area contributed by atoms with Gasteiger partial charge in [-0.15, -0.1) is 0 Å². The van der Waals surface area contributed by atoms with E-state index in [9.17, 15) is 24.9 Å². The number of hydrogen-bond donors (Lipinski definition) is 7. The third-order valence-corrected chi connectivity index (χ3v) is 11.9. The largest absolute Gasteiger partial charge is 0.395 e. The van der Waals surface area contributed by atoms with Gasteiger partial charge in [0, 0.05) is 50.1 Å². The summed E-state index contributed by atoms with van der Waals surface area (Å²) in [5, 5.41) is 53.4. The van der Waals surface area contributed by atoms with Crippen molar-refractivity contribution in [3.8, 4) is 0 Å². The summed E-state index contributed by atoms with van der Waals surface area (Å²) in [6.07, 6.45) is 31.3. The lowest BCUT2D eigenvalue weighted by atomic mass is 9.89. The molecule has 0 spiro atoms. The first-order valence-corrected chi connectivity index (χ1v) is 22.0. The van der Waals surface area contributed by atoms with E-state index in [0.29, 0.717) is 43.7 Å². The number of amides is 2. The van der Waals surface area contributed by atoms with Crippen molar-refractivity contribution in [1.82, 2.24) is 10.6 Å². The van der Waals surface area contributed by atoms with E-state index in [4.69, 9.17) is 20.0 Å². The Hall–Kier alpha value is -2.38. The van der Waals surface area contributed by atoms with Gasteiger partial charge in [0.1, 0.15) is 6.10 Å². The van der Waals surface area contributed by atoms with E-state index in [1.54, 1.807) is 0 Å². The number of unbranched alkanes of at least 4 members (excludes halogenated alkanes) is 6. The fourth-order valence-corrected chi connectivity index (χ4v) is 8.76. The molecular formula is C45H76N2O9. The van der Waals surface area contributed by atoms with Crippen LogP contribution in [0.2, 0.25) is 0 Å². The molecule has 2 amide bonds. The predicted octanol–water partition coefficient (Wildman–Crippen LogP) is 6.14. The molecule has 4 rings (SSSR count). The smallest absolute Gasteiger partial charge is 0.220 e. The van der Waals surface area contributed by atoms with Gasteiger partial charge < -0.3 is 36.2 Å². The van der Waals surface area contributed by atoms with Crippen LogP contribution in [0.15, 0.2) is 48.1 Å². The summed E-state index contributed by atoms with van der Waals surface area (Å²) in [6.45, 7) is 4.94. The number of aliphatic hydroxyl groups excluding tert-OH is 5. The van der Waals surface area contributed by atoms with Crippen molar-refractivity contribution < 1.29 is 44.9 Å². The molecular weight excluding hydrogens is 713 g/mol. The minimum absolute atomic E-state index is 0.00144. The number of fused-ring (bicyclic) bond motifs is 3. The van der Waals surface area contributed by atoms with Crippen LogP contribution in [-0.4, -0.2) is 94.2 Å². The van der Waals surface area contributed by atoms with Crippen molar-refractivity contribution in [3.05, 3.63) is 48.1 Å². The molecule has 320 valence electrons. The Labute approximate surface area is 337 Å². The van der Waals surface area contributed by atoms with Gasteiger partial charge in [0.2, 0.25) is 11.8 Å². The van der Waals surface area contributed by atoms with E-state index in [1.165, 1.54) is 5.57 Å². The van der Waals surface area contributed by atoms with Gasteiger partial charge in [0.05, 0.1) is 37.6 Å². The number of nitrogens with one attached hydrogen (secondary N) is 2. The van der Waals surface area contributed by atoms with Gasteiger partial charge in [0.25, 0.3) is 0 Å². The summed E-state index contributed by atoms with van der Waals surface area (Å²) < 4.78 is 0. The molecule has 7 N–H and O–H groups in total. The molecule has 3 saturated carbocycles. The zero-order valence-corrected chi connectivity index (χ0v) is 34.4. The van der Waals surface area contributed by atoms with Crippen molar-refractivity contribution in [3.63, 3.8) is 0 Å². The average Bonchev–Trinajstić information content (AvgIpc) is 3.96. The molecule has 3 aliphatic carbocycles. The standard InChI is InChI=1S/C23H39NO4.C22H37NO5/c1-2-3-4-8-19(26)10-11-20-21-15-17(14-18(21)16-22(20)27)7-5-6-9-23(28)24-12-13-25;1-2-3-6-9-17(25)12-13-19-18(20-16-21(19)28-27-20)10-7-4-5-8-11-22(26)23-14-15-24/h7,10-11,18-22,25-27H,2-6,8-9,12-16H2,1H3,(H,24,28);4,7,12-13,17-21,24-25H,2-3,5-6,8-11,14-16H2,1H3,(H,23,26)/b11-10+,17-7-;7-4-,13-12+/t18-,19-,20+,21-,22+;17-,18+,19+,20-,21+/m00/s1. The highest BCUT2D eigenvalue weighted by Crippen LogP contribution is 2.50. The second-order valence-electron chi connectivity index (χ2n) is 16.4. The monoisotopic (exact) mass is 789 g/mol. The zero-order valence-electron chi connectivity index (χ0n) is 34.4. The fourth-order valence-electron chi connectivity index (χ4n) is 8.76. The third-order valence-electron chi connectivity index (χ3n) is 11.9. The number of hydrogen-bond acceptors (Lipinski definition) is 9. The minimum atomic E-state index is -0.397. The molecule has 0 aromatic rings. The molecule has 0 unspecified atom stereocenters. The summed E-state index contributed by atoms with van der Waals surface area (Å²) in [4.78, 5) is 33.9. The maximum atomic E-state index is 11.5. The topological polar surface area (TPSA) is 178 Å². The van der Waals surface area contributed by atoms with Crippen molar-refractivity contribution >= 4 is 11.8 Å². The summed E-state index contributed by atoms with van der Waals surface area (Å²) in [7, 11) is 0. The van der Waals surface area contributed by atoms with E-state index < -0.39 is 6.10 Å². The molecule has 2 bridgehead atoms. The normalized spacial score (nSPS) is 28.7. The first-order chi connectivity index (χ1) is 27.2. The van der Waals surface area contributed by atoms with Crippen LogP contribution >= 0.6 is 0 Å². The Kier molecular flexibility index (Phi) is 24.1. The van der Waals surface area contributed by atoms with E-state index >= 15 is 0 Å². The maximum absolute atomic E-state index is 11.5. The molecule has 11 nitrogen and oxygen atoms in total. The number of carbonyl (C=O) groups is 2. The van der Waals surface area contributed by atoms with Crippen LogP contribution in [0, 0.1) is 29.6 Å². The summed E-state index contributed by atoms with van der Waals surface area (Å²) >= 11 is 0. The van der Waals surface area contributed by atoms with Crippen LogP contribution in [-0.2, 0) is 19.4 Å². The third kappa shape index (κ3) is 17.6. The Balaban J connectivity index is 0.000000300.